The Kier molecular flexibility index (Phi) is 8.02. The molecule has 2 rings (SSSR count). The highest BCUT2D eigenvalue weighted by Gasteiger charge is 2.26. The Morgan fingerprint density at radius 1 is 1.14 bits per heavy atom. The summed E-state index contributed by atoms with van der Waals surface area (Å²) in [5.41, 5.74) is 0.861. The second kappa shape index (κ2) is 10.5. The van der Waals surface area contributed by atoms with E-state index in [1.165, 1.54) is 11.3 Å². The third-order valence-corrected chi connectivity index (χ3v) is 5.06. The number of amides is 2. The number of nitrogens with zero attached hydrogens (tertiary/aromatic N) is 1. The van der Waals surface area contributed by atoms with Gasteiger partial charge in [0.1, 0.15) is 12.6 Å². The molecule has 0 aliphatic carbocycles. The van der Waals surface area contributed by atoms with Crippen molar-refractivity contribution in [3.63, 3.8) is 0 Å². The SMILES string of the molecule is Cc1ccc(C(C#N)NC(=O)[C@H](CC(C)C)NC(=O)OCc2ccccc2)s1. The van der Waals surface area contributed by atoms with Crippen LogP contribution in [0.3, 0.4) is 0 Å². The Morgan fingerprint density at radius 2 is 1.86 bits per heavy atom. The molecule has 0 radical (unpaired) electrons. The number of carbonyl (C=O) groups is 2. The fourth-order valence-electron chi connectivity index (χ4n) is 2.63. The molecule has 2 N–H and O–H groups in total. The van der Waals surface area contributed by atoms with E-state index in [2.05, 4.69) is 16.7 Å². The van der Waals surface area contributed by atoms with Crippen LogP contribution in [0.5, 0.6) is 0 Å². The molecule has 28 heavy (non-hydrogen) atoms. The lowest BCUT2D eigenvalue weighted by atomic mass is 10.0. The molecule has 1 unspecified atom stereocenters. The first-order valence-corrected chi connectivity index (χ1v) is 9.94. The lowest BCUT2D eigenvalue weighted by molar-refractivity contribution is -0.123. The molecular formula is C21H25N3O3S. The van der Waals surface area contributed by atoms with Gasteiger partial charge in [-0.3, -0.25) is 4.79 Å². The number of nitriles is 1. The molecule has 0 saturated heterocycles. The van der Waals surface area contributed by atoms with Gasteiger partial charge in [0.05, 0.1) is 6.07 Å². The van der Waals surface area contributed by atoms with E-state index < -0.39 is 24.1 Å². The highest BCUT2D eigenvalue weighted by Crippen LogP contribution is 2.22. The lowest BCUT2D eigenvalue weighted by Gasteiger charge is -2.21. The summed E-state index contributed by atoms with van der Waals surface area (Å²) in [7, 11) is 0. The normalized spacial score (nSPS) is 12.7. The van der Waals surface area contributed by atoms with Crippen LogP contribution in [-0.2, 0) is 16.1 Å². The molecular weight excluding hydrogens is 374 g/mol. The summed E-state index contributed by atoms with van der Waals surface area (Å²) in [6.45, 7) is 5.98. The molecule has 0 saturated carbocycles. The van der Waals surface area contributed by atoms with Crippen LogP contribution in [0.1, 0.15) is 41.6 Å². The van der Waals surface area contributed by atoms with Gasteiger partial charge >= 0.3 is 6.09 Å². The molecule has 2 aromatic rings. The van der Waals surface area contributed by atoms with Crippen LogP contribution < -0.4 is 10.6 Å². The van der Waals surface area contributed by atoms with Crippen molar-refractivity contribution in [3.8, 4) is 6.07 Å². The van der Waals surface area contributed by atoms with Gasteiger partial charge in [-0.25, -0.2) is 4.79 Å². The zero-order valence-corrected chi connectivity index (χ0v) is 17.1. The molecule has 148 valence electrons. The number of rotatable bonds is 8. The third kappa shape index (κ3) is 6.71. The van der Waals surface area contributed by atoms with E-state index in [0.717, 1.165) is 15.3 Å². The van der Waals surface area contributed by atoms with Crippen LogP contribution >= 0.6 is 11.3 Å². The predicted molar refractivity (Wildman–Crippen MR) is 109 cm³/mol. The number of hydrogen-bond donors (Lipinski definition) is 2. The number of alkyl carbamates (subject to hydrolysis) is 1. The zero-order chi connectivity index (χ0) is 20.5. The van der Waals surface area contributed by atoms with Crippen molar-refractivity contribution in [3.05, 3.63) is 57.8 Å². The average Bonchev–Trinajstić information content (AvgIpc) is 3.10. The standard InChI is InChI=1S/C21H25N3O3S/c1-14(2)11-17(24-21(26)27-13-16-7-5-4-6-8-16)20(25)23-18(12-22)19-10-9-15(3)28-19/h4-10,14,17-18H,11,13H2,1-3H3,(H,23,25)(H,24,26)/t17-,18?/m0/s1. The fraction of sp³-hybridized carbons (Fsp3) is 0.381. The summed E-state index contributed by atoms with van der Waals surface area (Å²) < 4.78 is 5.22. The first-order valence-electron chi connectivity index (χ1n) is 9.12. The minimum Gasteiger partial charge on any atom is -0.445 e. The van der Waals surface area contributed by atoms with E-state index in [4.69, 9.17) is 4.74 Å². The van der Waals surface area contributed by atoms with E-state index >= 15 is 0 Å². The van der Waals surface area contributed by atoms with E-state index in [9.17, 15) is 14.9 Å². The quantitative estimate of drug-likeness (QED) is 0.700. The fourth-order valence-corrected chi connectivity index (χ4v) is 3.50. The number of nitrogens with one attached hydrogen (secondary N) is 2. The molecule has 0 spiro atoms. The number of aryl methyl sites for hydroxylation is 1. The summed E-state index contributed by atoms with van der Waals surface area (Å²) in [6, 6.07) is 13.6. The van der Waals surface area contributed by atoms with Crippen LogP contribution in [0.15, 0.2) is 42.5 Å². The molecule has 2 amide bonds. The van der Waals surface area contributed by atoms with Gasteiger partial charge in [0.15, 0.2) is 6.04 Å². The van der Waals surface area contributed by atoms with Crippen molar-refractivity contribution in [2.75, 3.05) is 0 Å². The second-order valence-electron chi connectivity index (χ2n) is 6.91. The first-order chi connectivity index (χ1) is 13.4. The highest BCUT2D eigenvalue weighted by molar-refractivity contribution is 7.12. The van der Waals surface area contributed by atoms with Gasteiger partial charge in [0.2, 0.25) is 5.91 Å². The van der Waals surface area contributed by atoms with Crippen LogP contribution in [-0.4, -0.2) is 18.0 Å². The van der Waals surface area contributed by atoms with Crippen LogP contribution in [0.4, 0.5) is 4.79 Å². The van der Waals surface area contributed by atoms with Crippen molar-refractivity contribution in [2.45, 2.75) is 45.9 Å². The summed E-state index contributed by atoms with van der Waals surface area (Å²) in [6.07, 6.45) is -0.224. The van der Waals surface area contributed by atoms with E-state index in [-0.39, 0.29) is 12.5 Å². The molecule has 1 aromatic carbocycles. The van der Waals surface area contributed by atoms with Crippen LogP contribution in [0.2, 0.25) is 0 Å². The van der Waals surface area contributed by atoms with E-state index in [0.29, 0.717) is 6.42 Å². The van der Waals surface area contributed by atoms with Crippen molar-refractivity contribution >= 4 is 23.3 Å². The average molecular weight is 400 g/mol. The monoisotopic (exact) mass is 399 g/mol. The Hall–Kier alpha value is -2.85. The van der Waals surface area contributed by atoms with Gasteiger partial charge in [-0.1, -0.05) is 44.2 Å². The second-order valence-corrected chi connectivity index (χ2v) is 8.23. The van der Waals surface area contributed by atoms with Crippen molar-refractivity contribution < 1.29 is 14.3 Å². The Bertz CT molecular complexity index is 827. The molecule has 7 heteroatoms. The van der Waals surface area contributed by atoms with Gasteiger partial charge < -0.3 is 15.4 Å². The molecule has 1 aromatic heterocycles. The summed E-state index contributed by atoms with van der Waals surface area (Å²) in [4.78, 5) is 26.7. The van der Waals surface area contributed by atoms with Crippen LogP contribution in [0.25, 0.3) is 0 Å². The maximum Gasteiger partial charge on any atom is 0.408 e. The smallest absolute Gasteiger partial charge is 0.408 e. The zero-order valence-electron chi connectivity index (χ0n) is 16.3. The first kappa shape index (κ1) is 21.5. The molecule has 1 heterocycles. The summed E-state index contributed by atoms with van der Waals surface area (Å²) >= 11 is 1.46. The molecule has 6 nitrogen and oxygen atoms in total. The van der Waals surface area contributed by atoms with Crippen molar-refractivity contribution in [2.24, 2.45) is 5.92 Å². The number of thiophene rings is 1. The van der Waals surface area contributed by atoms with Gasteiger partial charge in [0, 0.05) is 9.75 Å². The Morgan fingerprint density at radius 3 is 2.43 bits per heavy atom. The highest BCUT2D eigenvalue weighted by atomic mass is 32.1. The number of carbonyl (C=O) groups excluding carboxylic acids is 2. The van der Waals surface area contributed by atoms with Gasteiger partial charge in [-0.15, -0.1) is 11.3 Å². The number of ether oxygens (including phenoxy) is 1. The molecule has 2 atom stereocenters. The van der Waals surface area contributed by atoms with Crippen molar-refractivity contribution in [1.82, 2.24) is 10.6 Å². The predicted octanol–water partition coefficient (Wildman–Crippen LogP) is 4.08. The summed E-state index contributed by atoms with van der Waals surface area (Å²) in [5.74, 6) is -0.224. The summed E-state index contributed by atoms with van der Waals surface area (Å²) in [5, 5.41) is 14.8. The Labute approximate surface area is 169 Å². The largest absolute Gasteiger partial charge is 0.445 e. The molecule has 0 aliphatic heterocycles. The van der Waals surface area contributed by atoms with Gasteiger partial charge in [0.25, 0.3) is 0 Å². The minimum atomic E-state index is -0.778. The maximum atomic E-state index is 12.7. The molecule has 0 fully saturated rings. The third-order valence-electron chi connectivity index (χ3n) is 3.99. The maximum absolute atomic E-state index is 12.7. The van der Waals surface area contributed by atoms with Gasteiger partial charge in [-0.05, 0) is 37.0 Å². The molecule has 0 bridgehead atoms. The van der Waals surface area contributed by atoms with E-state index in [1.54, 1.807) is 0 Å². The molecule has 0 aliphatic rings. The van der Waals surface area contributed by atoms with Crippen LogP contribution in [0, 0.1) is 24.2 Å². The Balaban J connectivity index is 1.97. The van der Waals surface area contributed by atoms with Gasteiger partial charge in [-0.2, -0.15) is 5.26 Å². The van der Waals surface area contributed by atoms with Crippen molar-refractivity contribution in [1.29, 1.82) is 5.26 Å². The minimum absolute atomic E-state index is 0.123. The number of benzene rings is 1. The van der Waals surface area contributed by atoms with E-state index in [1.807, 2.05) is 63.2 Å². The topological polar surface area (TPSA) is 91.2 Å². The number of hydrogen-bond acceptors (Lipinski definition) is 5. The lowest BCUT2D eigenvalue weighted by Crippen LogP contribution is -2.48.